The molecule has 0 amide bonds. The van der Waals surface area contributed by atoms with Crippen molar-refractivity contribution in [3.05, 3.63) is 93.6 Å². The molecule has 8 nitrogen and oxygen atoms in total. The van der Waals surface area contributed by atoms with Gasteiger partial charge in [-0.05, 0) is 48.4 Å². The summed E-state index contributed by atoms with van der Waals surface area (Å²) in [4.78, 5) is 17.3. The van der Waals surface area contributed by atoms with E-state index in [1.807, 2.05) is 24.3 Å². The third-order valence-electron chi connectivity index (χ3n) is 5.70. The van der Waals surface area contributed by atoms with Gasteiger partial charge in [-0.25, -0.2) is 18.9 Å². The van der Waals surface area contributed by atoms with Gasteiger partial charge in [0.25, 0.3) is 15.4 Å². The number of nitrogens with zero attached hydrogens (tertiary/aromatic N) is 1. The first-order valence-electron chi connectivity index (χ1n) is 10.8. The van der Waals surface area contributed by atoms with E-state index in [0.717, 1.165) is 10.2 Å². The van der Waals surface area contributed by atoms with Crippen molar-refractivity contribution >= 4 is 48.4 Å². The number of hydrogen-bond donors (Lipinski definition) is 2. The Bertz CT molecular complexity index is 1750. The van der Waals surface area contributed by atoms with Crippen LogP contribution in [0.3, 0.4) is 0 Å². The second-order valence-electron chi connectivity index (χ2n) is 7.97. The maximum atomic E-state index is 15.0. The van der Waals surface area contributed by atoms with Gasteiger partial charge in [-0.3, -0.25) is 4.72 Å². The Balaban J connectivity index is 1.46. The highest BCUT2D eigenvalue weighted by atomic mass is 32.2. The van der Waals surface area contributed by atoms with Gasteiger partial charge < -0.3 is 9.15 Å². The van der Waals surface area contributed by atoms with Gasteiger partial charge >= 0.3 is 5.63 Å². The molecule has 5 rings (SSSR count). The van der Waals surface area contributed by atoms with Crippen molar-refractivity contribution < 1.29 is 22.0 Å². The number of benzene rings is 3. The van der Waals surface area contributed by atoms with E-state index < -0.39 is 21.7 Å². The molecule has 0 aliphatic heterocycles. The molecule has 36 heavy (non-hydrogen) atoms. The topological polar surface area (TPSA) is 111 Å². The Hall–Kier alpha value is -3.80. The third-order valence-corrected chi connectivity index (χ3v) is 7.64. The van der Waals surface area contributed by atoms with Crippen LogP contribution in [0.5, 0.6) is 10.9 Å². The van der Waals surface area contributed by atoms with Gasteiger partial charge in [0.2, 0.25) is 0 Å². The molecule has 184 valence electrons. The molecule has 0 atom stereocenters. The number of aromatic nitrogens is 1. The molecule has 0 saturated heterocycles. The summed E-state index contributed by atoms with van der Waals surface area (Å²) in [6, 6.07) is 17.1. The number of ether oxygens (including phenoxy) is 1. The Morgan fingerprint density at radius 2 is 1.92 bits per heavy atom. The van der Waals surface area contributed by atoms with Crippen LogP contribution in [0.2, 0.25) is 0 Å². The highest BCUT2D eigenvalue weighted by Gasteiger charge is 2.18. The smallest absolute Gasteiger partial charge is 0.340 e. The maximum absolute atomic E-state index is 15.0. The molecule has 0 radical (unpaired) electrons. The van der Waals surface area contributed by atoms with Gasteiger partial charge in [0.15, 0.2) is 5.82 Å². The first kappa shape index (κ1) is 23.9. The van der Waals surface area contributed by atoms with Crippen molar-refractivity contribution in [2.75, 3.05) is 11.8 Å². The maximum Gasteiger partial charge on any atom is 0.340 e. The van der Waals surface area contributed by atoms with Crippen LogP contribution in [0.15, 0.2) is 69.9 Å². The molecule has 5 aromatic rings. The number of halogens is 1. The van der Waals surface area contributed by atoms with E-state index in [-0.39, 0.29) is 23.2 Å². The largest absolute Gasteiger partial charge is 0.431 e. The summed E-state index contributed by atoms with van der Waals surface area (Å²) in [6.45, 7) is 1.76. The van der Waals surface area contributed by atoms with Crippen LogP contribution in [0.1, 0.15) is 16.7 Å². The molecule has 2 aromatic heterocycles. The number of anilines is 1. The lowest BCUT2D eigenvalue weighted by Gasteiger charge is -2.12. The van der Waals surface area contributed by atoms with Crippen molar-refractivity contribution in [1.29, 1.82) is 0 Å². The zero-order valence-corrected chi connectivity index (χ0v) is 20.8. The van der Waals surface area contributed by atoms with E-state index in [4.69, 9.17) is 9.15 Å². The van der Waals surface area contributed by atoms with Crippen LogP contribution in [0, 0.1) is 12.7 Å². The molecular formula is C25H20FN3O5S2. The molecule has 2 heterocycles. The quantitative estimate of drug-likeness (QED) is 0.286. The van der Waals surface area contributed by atoms with Crippen LogP contribution in [-0.4, -0.2) is 20.4 Å². The van der Waals surface area contributed by atoms with Crippen LogP contribution >= 0.6 is 11.3 Å². The Labute approximate surface area is 209 Å². The Morgan fingerprint density at radius 1 is 1.11 bits per heavy atom. The van der Waals surface area contributed by atoms with E-state index in [0.29, 0.717) is 27.5 Å². The standard InChI is InChI=1S/C25H20FN3O5S2/c1-14-17-11-10-16(33-25-28-19-7-3-4-9-22(19)35-25)13-21(17)34-24(30)18(14)12-15-6-5-8-20(23(15)26)29-36(31,32)27-2/h3-11,13,27,29H,12H2,1-2H3. The first-order valence-corrected chi connectivity index (χ1v) is 13.1. The lowest BCUT2D eigenvalue weighted by molar-refractivity contribution is 0.477. The second-order valence-corrected chi connectivity index (χ2v) is 10.6. The van der Waals surface area contributed by atoms with Crippen molar-refractivity contribution in [3.63, 3.8) is 0 Å². The van der Waals surface area contributed by atoms with Gasteiger partial charge in [0.1, 0.15) is 11.3 Å². The van der Waals surface area contributed by atoms with Crippen molar-refractivity contribution in [2.45, 2.75) is 13.3 Å². The lowest BCUT2D eigenvalue weighted by Crippen LogP contribution is -2.27. The molecule has 0 fully saturated rings. The molecule has 0 unspecified atom stereocenters. The summed E-state index contributed by atoms with van der Waals surface area (Å²) >= 11 is 1.41. The molecule has 0 bridgehead atoms. The van der Waals surface area contributed by atoms with E-state index in [9.17, 15) is 13.2 Å². The number of thiazole rings is 1. The fourth-order valence-electron chi connectivity index (χ4n) is 3.82. The summed E-state index contributed by atoms with van der Waals surface area (Å²) < 4.78 is 55.2. The predicted octanol–water partition coefficient (Wildman–Crippen LogP) is 5.11. The Morgan fingerprint density at radius 3 is 2.69 bits per heavy atom. The summed E-state index contributed by atoms with van der Waals surface area (Å²) in [7, 11) is -2.69. The van der Waals surface area contributed by atoms with Crippen molar-refractivity contribution in [2.24, 2.45) is 0 Å². The zero-order valence-electron chi connectivity index (χ0n) is 19.2. The highest BCUT2D eigenvalue weighted by molar-refractivity contribution is 7.90. The Kier molecular flexibility index (Phi) is 6.20. The SMILES string of the molecule is CNS(=O)(=O)Nc1cccc(Cc2c(C)c3ccc(Oc4nc5ccccc5s4)cc3oc2=O)c1F. The third kappa shape index (κ3) is 4.68. The molecule has 11 heteroatoms. The number of nitrogens with one attached hydrogen (secondary N) is 2. The fourth-order valence-corrected chi connectivity index (χ4v) is 5.20. The number of hydrogen-bond acceptors (Lipinski definition) is 7. The van der Waals surface area contributed by atoms with Crippen LogP contribution in [0.25, 0.3) is 21.2 Å². The molecule has 0 saturated carbocycles. The molecule has 0 aliphatic carbocycles. The van der Waals surface area contributed by atoms with Gasteiger partial charge in [-0.1, -0.05) is 35.6 Å². The summed E-state index contributed by atoms with van der Waals surface area (Å²) in [6.07, 6.45) is -0.0744. The number of para-hydroxylation sites is 1. The average molecular weight is 526 g/mol. The van der Waals surface area contributed by atoms with Gasteiger partial charge in [0, 0.05) is 30.5 Å². The van der Waals surface area contributed by atoms with E-state index in [1.54, 1.807) is 25.1 Å². The zero-order chi connectivity index (χ0) is 25.4. The van der Waals surface area contributed by atoms with Crippen LogP contribution in [0.4, 0.5) is 10.1 Å². The molecule has 0 aliphatic rings. The molecule has 3 aromatic carbocycles. The monoisotopic (exact) mass is 525 g/mol. The molecule has 0 spiro atoms. The molecule has 2 N–H and O–H groups in total. The van der Waals surface area contributed by atoms with E-state index in [2.05, 4.69) is 14.4 Å². The van der Waals surface area contributed by atoms with Crippen molar-refractivity contribution in [3.8, 4) is 10.9 Å². The minimum atomic E-state index is -3.90. The minimum Gasteiger partial charge on any atom is -0.431 e. The van der Waals surface area contributed by atoms with E-state index >= 15 is 4.39 Å². The van der Waals surface area contributed by atoms with E-state index in [1.165, 1.54) is 36.6 Å². The predicted molar refractivity (Wildman–Crippen MR) is 138 cm³/mol. The second kappa shape index (κ2) is 9.34. The van der Waals surface area contributed by atoms with Crippen LogP contribution in [-0.2, 0) is 16.6 Å². The lowest BCUT2D eigenvalue weighted by atomic mass is 9.99. The minimum absolute atomic E-state index is 0.0744. The molecular weight excluding hydrogens is 505 g/mol. The summed E-state index contributed by atoms with van der Waals surface area (Å²) in [5.41, 5.74) is 1.38. The normalized spacial score (nSPS) is 11.8. The first-order chi connectivity index (χ1) is 17.2. The van der Waals surface area contributed by atoms with Gasteiger partial charge in [-0.15, -0.1) is 0 Å². The highest BCUT2D eigenvalue weighted by Crippen LogP contribution is 2.33. The number of rotatable bonds is 7. The number of aryl methyl sites for hydroxylation is 1. The van der Waals surface area contributed by atoms with Gasteiger partial charge in [-0.2, -0.15) is 8.42 Å². The fraction of sp³-hybridized carbons (Fsp3) is 0.120. The number of fused-ring (bicyclic) bond motifs is 2. The summed E-state index contributed by atoms with van der Waals surface area (Å²) in [5, 5.41) is 1.14. The van der Waals surface area contributed by atoms with Crippen molar-refractivity contribution in [1.82, 2.24) is 9.71 Å². The summed E-state index contributed by atoms with van der Waals surface area (Å²) in [5.74, 6) is -0.303. The van der Waals surface area contributed by atoms with Gasteiger partial charge in [0.05, 0.1) is 15.9 Å². The average Bonchev–Trinajstić information content (AvgIpc) is 3.26. The van der Waals surface area contributed by atoms with Crippen LogP contribution < -0.4 is 19.8 Å².